The molecule has 96 valence electrons. The van der Waals surface area contributed by atoms with Crippen molar-refractivity contribution in [2.75, 3.05) is 5.32 Å². The summed E-state index contributed by atoms with van der Waals surface area (Å²) >= 11 is 4.91. The Hall–Kier alpha value is -2.20. The van der Waals surface area contributed by atoms with Gasteiger partial charge in [0.05, 0.1) is 5.69 Å². The van der Waals surface area contributed by atoms with E-state index in [1.165, 1.54) is 5.56 Å². The van der Waals surface area contributed by atoms with E-state index in [0.717, 1.165) is 17.1 Å². The highest BCUT2D eigenvalue weighted by Crippen LogP contribution is 2.09. The van der Waals surface area contributed by atoms with Crippen LogP contribution in [0.15, 0.2) is 54.6 Å². The van der Waals surface area contributed by atoms with Crippen molar-refractivity contribution in [1.82, 2.24) is 0 Å². The molecular formula is C15H16N3S+. The van der Waals surface area contributed by atoms with E-state index in [1.807, 2.05) is 54.6 Å². The number of nitrogens with two attached hydrogens (primary N) is 1. The predicted octanol–water partition coefficient (Wildman–Crippen LogP) is 1.18. The minimum absolute atomic E-state index is 0.235. The second-order valence-corrected chi connectivity index (χ2v) is 4.66. The summed E-state index contributed by atoms with van der Waals surface area (Å²) in [6.07, 6.45) is 0. The molecule has 0 radical (unpaired) electrons. The lowest BCUT2D eigenvalue weighted by atomic mass is 10.2. The number of aryl methyl sites for hydroxylation is 1. The number of benzene rings is 2. The lowest BCUT2D eigenvalue weighted by molar-refractivity contribution is -0.311. The molecule has 4 N–H and O–H groups in total. The first-order valence-electron chi connectivity index (χ1n) is 5.97. The smallest absolute Gasteiger partial charge is 0.285 e. The molecule has 19 heavy (non-hydrogen) atoms. The molecule has 0 unspecified atom stereocenters. The molecule has 0 atom stereocenters. The Balaban J connectivity index is 2.30. The number of thiocarbonyl (C=S) groups is 1. The fourth-order valence-corrected chi connectivity index (χ4v) is 1.79. The van der Waals surface area contributed by atoms with Crippen molar-refractivity contribution in [3.63, 3.8) is 0 Å². The summed E-state index contributed by atoms with van der Waals surface area (Å²) in [7, 11) is 0. The van der Waals surface area contributed by atoms with Crippen LogP contribution >= 0.6 is 12.2 Å². The Kier molecular flexibility index (Phi) is 4.26. The third kappa shape index (κ3) is 3.89. The molecule has 0 aliphatic heterocycles. The van der Waals surface area contributed by atoms with Crippen LogP contribution in [0.1, 0.15) is 11.1 Å². The van der Waals surface area contributed by atoms with Crippen LogP contribution in [0, 0.1) is 6.92 Å². The van der Waals surface area contributed by atoms with Crippen LogP contribution in [-0.2, 0) is 0 Å². The van der Waals surface area contributed by atoms with E-state index in [-0.39, 0.29) is 5.11 Å². The zero-order valence-corrected chi connectivity index (χ0v) is 11.5. The molecule has 4 heteroatoms. The molecule has 0 aromatic heterocycles. The van der Waals surface area contributed by atoms with Gasteiger partial charge < -0.3 is 5.73 Å². The summed E-state index contributed by atoms with van der Waals surface area (Å²) in [6, 6.07) is 18.0. The molecule has 0 spiro atoms. The van der Waals surface area contributed by atoms with Crippen LogP contribution in [0.3, 0.4) is 0 Å². The molecule has 0 fully saturated rings. The minimum atomic E-state index is 0.235. The maximum Gasteiger partial charge on any atom is 0.285 e. The second-order valence-electron chi connectivity index (χ2n) is 4.22. The molecule has 0 bridgehead atoms. The monoisotopic (exact) mass is 270 g/mol. The van der Waals surface area contributed by atoms with Crippen molar-refractivity contribution in [1.29, 1.82) is 0 Å². The lowest BCUT2D eigenvalue weighted by Crippen LogP contribution is -2.81. The average molecular weight is 270 g/mol. The first-order chi connectivity index (χ1) is 9.15. The summed E-state index contributed by atoms with van der Waals surface area (Å²) in [4.78, 5) is 2.97. The van der Waals surface area contributed by atoms with Gasteiger partial charge in [-0.05, 0) is 43.4 Å². The molecule has 0 heterocycles. The first-order valence-corrected chi connectivity index (χ1v) is 6.38. The van der Waals surface area contributed by atoms with Gasteiger partial charge >= 0.3 is 0 Å². The SMILES string of the molecule is Cc1ccc(NC(=[NH+]C(N)=S)c2ccccc2)cc1. The van der Waals surface area contributed by atoms with E-state index in [9.17, 15) is 0 Å². The van der Waals surface area contributed by atoms with Crippen LogP contribution < -0.4 is 16.0 Å². The number of anilines is 1. The maximum absolute atomic E-state index is 5.57. The molecule has 0 saturated carbocycles. The van der Waals surface area contributed by atoms with Gasteiger partial charge in [-0.25, -0.2) is 4.99 Å². The molecule has 0 saturated heterocycles. The first kappa shape index (κ1) is 13.2. The van der Waals surface area contributed by atoms with Gasteiger partial charge in [-0.15, -0.1) is 0 Å². The van der Waals surface area contributed by atoms with Gasteiger partial charge in [0, 0.05) is 5.56 Å². The summed E-state index contributed by atoms with van der Waals surface area (Å²) in [5.41, 5.74) is 8.76. The molecule has 0 aliphatic carbocycles. The fraction of sp³-hybridized carbons (Fsp3) is 0.0667. The Bertz CT molecular complexity index is 589. The van der Waals surface area contributed by atoms with Crippen LogP contribution in [0.4, 0.5) is 5.69 Å². The summed E-state index contributed by atoms with van der Waals surface area (Å²) in [6.45, 7) is 2.05. The Morgan fingerprint density at radius 2 is 1.68 bits per heavy atom. The van der Waals surface area contributed by atoms with Gasteiger partial charge in [-0.3, -0.25) is 5.32 Å². The second kappa shape index (κ2) is 6.11. The summed E-state index contributed by atoms with van der Waals surface area (Å²) in [5.74, 6) is 0.775. The van der Waals surface area contributed by atoms with Crippen molar-refractivity contribution in [3.05, 3.63) is 65.7 Å². The Morgan fingerprint density at radius 3 is 2.26 bits per heavy atom. The lowest BCUT2D eigenvalue weighted by Gasteiger charge is -2.05. The largest absolute Gasteiger partial charge is 0.309 e. The Morgan fingerprint density at radius 1 is 1.05 bits per heavy atom. The molecule has 2 aromatic carbocycles. The highest BCUT2D eigenvalue weighted by molar-refractivity contribution is 7.79. The van der Waals surface area contributed by atoms with Gasteiger partial charge in [-0.1, -0.05) is 35.9 Å². The number of rotatable bonds is 2. The molecule has 0 amide bonds. The number of amidine groups is 1. The third-order valence-electron chi connectivity index (χ3n) is 2.63. The van der Waals surface area contributed by atoms with E-state index in [1.54, 1.807) is 0 Å². The maximum atomic E-state index is 5.57. The van der Waals surface area contributed by atoms with E-state index in [0.29, 0.717) is 0 Å². The van der Waals surface area contributed by atoms with E-state index >= 15 is 0 Å². The zero-order chi connectivity index (χ0) is 13.7. The van der Waals surface area contributed by atoms with Gasteiger partial charge in [-0.2, -0.15) is 0 Å². The van der Waals surface area contributed by atoms with Crippen molar-refractivity contribution in [3.8, 4) is 0 Å². The van der Waals surface area contributed by atoms with Crippen LogP contribution in [0.2, 0.25) is 0 Å². The fourth-order valence-electron chi connectivity index (χ4n) is 1.68. The van der Waals surface area contributed by atoms with Gasteiger partial charge in [0.1, 0.15) is 0 Å². The average Bonchev–Trinajstić information content (AvgIpc) is 2.41. The van der Waals surface area contributed by atoms with Gasteiger partial charge in [0.2, 0.25) is 5.84 Å². The van der Waals surface area contributed by atoms with Crippen molar-refractivity contribution in [2.45, 2.75) is 6.92 Å². The van der Waals surface area contributed by atoms with Gasteiger partial charge in [0.15, 0.2) is 0 Å². The van der Waals surface area contributed by atoms with Crippen LogP contribution in [0.25, 0.3) is 0 Å². The molecular weight excluding hydrogens is 254 g/mol. The number of hydrogen-bond donors (Lipinski definition) is 3. The standard InChI is InChI=1S/C15H15N3S/c1-11-7-9-13(10-8-11)17-14(18-15(16)19)12-5-3-2-4-6-12/h2-10H,1H3,(H3,16,17,18,19)/p+1. The highest BCUT2D eigenvalue weighted by atomic mass is 32.1. The molecule has 2 rings (SSSR count). The van der Waals surface area contributed by atoms with Crippen LogP contribution in [0.5, 0.6) is 0 Å². The van der Waals surface area contributed by atoms with E-state index < -0.39 is 0 Å². The summed E-state index contributed by atoms with van der Waals surface area (Å²) in [5, 5.41) is 3.53. The summed E-state index contributed by atoms with van der Waals surface area (Å²) < 4.78 is 0. The van der Waals surface area contributed by atoms with Crippen molar-refractivity contribution >= 4 is 28.9 Å². The van der Waals surface area contributed by atoms with E-state index in [2.05, 4.69) is 17.2 Å². The van der Waals surface area contributed by atoms with Gasteiger partial charge in [0.25, 0.3) is 5.11 Å². The predicted molar refractivity (Wildman–Crippen MR) is 83.1 cm³/mol. The van der Waals surface area contributed by atoms with Crippen molar-refractivity contribution in [2.24, 2.45) is 5.73 Å². The normalized spacial score (nSPS) is 11.1. The zero-order valence-electron chi connectivity index (χ0n) is 10.7. The van der Waals surface area contributed by atoms with Crippen LogP contribution in [-0.4, -0.2) is 10.9 Å². The Labute approximate surface area is 118 Å². The van der Waals surface area contributed by atoms with Crippen molar-refractivity contribution < 1.29 is 4.99 Å². The third-order valence-corrected chi connectivity index (χ3v) is 2.73. The minimum Gasteiger partial charge on any atom is -0.309 e. The number of hydrogen-bond acceptors (Lipinski definition) is 1. The molecule has 0 aliphatic rings. The number of nitrogens with one attached hydrogen (secondary N) is 2. The quantitative estimate of drug-likeness (QED) is 0.436. The molecule has 3 nitrogen and oxygen atoms in total. The highest BCUT2D eigenvalue weighted by Gasteiger charge is 2.08. The molecule has 2 aromatic rings. The topological polar surface area (TPSA) is 52.0 Å². The van der Waals surface area contributed by atoms with E-state index in [4.69, 9.17) is 18.0 Å².